The van der Waals surface area contributed by atoms with Crippen LogP contribution in [0, 0.1) is 17.2 Å². The van der Waals surface area contributed by atoms with E-state index in [1.807, 2.05) is 0 Å². The summed E-state index contributed by atoms with van der Waals surface area (Å²) < 4.78 is 0. The molecule has 4 N–H and O–H groups in total. The molecule has 0 saturated carbocycles. The minimum absolute atomic E-state index is 0.0741. The summed E-state index contributed by atoms with van der Waals surface area (Å²) in [6.45, 7) is 0.773. The van der Waals surface area contributed by atoms with Gasteiger partial charge in [-0.05, 0) is 0 Å². The molecule has 2 heterocycles. The van der Waals surface area contributed by atoms with Crippen molar-refractivity contribution < 1.29 is 9.59 Å². The van der Waals surface area contributed by atoms with Gasteiger partial charge in [0.05, 0.1) is 11.8 Å². The molecule has 0 aliphatic carbocycles. The molecule has 2 fully saturated rings. The molecule has 6 heteroatoms. The molecule has 2 aliphatic rings. The molecule has 2 aliphatic heterocycles. The van der Waals surface area contributed by atoms with Crippen LogP contribution in [0.15, 0.2) is 0 Å². The number of rotatable bonds is 0. The molecular weight excluding hydrogens is 172 g/mol. The topological polar surface area (TPSA) is 99.3 Å². The molecule has 2 saturated heterocycles. The zero-order valence-corrected chi connectivity index (χ0v) is 6.91. The van der Waals surface area contributed by atoms with E-state index in [2.05, 4.69) is 5.32 Å². The van der Waals surface area contributed by atoms with Crippen molar-refractivity contribution in [3.05, 3.63) is 0 Å². The Labute approximate surface area is 74.6 Å². The van der Waals surface area contributed by atoms with Gasteiger partial charge in [0.15, 0.2) is 5.96 Å². The van der Waals surface area contributed by atoms with Crippen molar-refractivity contribution >= 4 is 17.8 Å². The molecule has 0 aromatic heterocycles. The van der Waals surface area contributed by atoms with E-state index in [0.29, 0.717) is 13.1 Å². The lowest BCUT2D eigenvalue weighted by atomic mass is 10.00. The lowest BCUT2D eigenvalue weighted by Gasteiger charge is -2.15. The SMILES string of the molecule is N=C(N)N1C[C@@H]2C(=O)NC(=O)[C@H]2C1. The van der Waals surface area contributed by atoms with Gasteiger partial charge in [-0.25, -0.2) is 0 Å². The third-order valence-corrected chi connectivity index (χ3v) is 2.58. The third-order valence-electron chi connectivity index (χ3n) is 2.58. The fourth-order valence-electron chi connectivity index (χ4n) is 1.84. The first kappa shape index (κ1) is 8.03. The van der Waals surface area contributed by atoms with Gasteiger partial charge < -0.3 is 10.6 Å². The van der Waals surface area contributed by atoms with E-state index in [0.717, 1.165) is 0 Å². The van der Waals surface area contributed by atoms with Crippen LogP contribution in [0.1, 0.15) is 0 Å². The average Bonchev–Trinajstić information content (AvgIpc) is 2.55. The van der Waals surface area contributed by atoms with Crippen molar-refractivity contribution in [1.82, 2.24) is 10.2 Å². The van der Waals surface area contributed by atoms with Crippen LogP contribution in [-0.2, 0) is 9.59 Å². The second-order valence-corrected chi connectivity index (χ2v) is 3.36. The largest absolute Gasteiger partial charge is 0.370 e. The van der Waals surface area contributed by atoms with E-state index >= 15 is 0 Å². The molecule has 0 spiro atoms. The highest BCUT2D eigenvalue weighted by molar-refractivity contribution is 6.06. The first-order valence-corrected chi connectivity index (χ1v) is 4.03. The summed E-state index contributed by atoms with van der Waals surface area (Å²) >= 11 is 0. The second kappa shape index (κ2) is 2.45. The number of carbonyl (C=O) groups is 2. The van der Waals surface area contributed by atoms with E-state index in [4.69, 9.17) is 11.1 Å². The van der Waals surface area contributed by atoms with Crippen molar-refractivity contribution in [3.8, 4) is 0 Å². The highest BCUT2D eigenvalue weighted by atomic mass is 16.2. The average molecular weight is 182 g/mol. The molecule has 0 radical (unpaired) electrons. The normalized spacial score (nSPS) is 31.8. The van der Waals surface area contributed by atoms with Crippen molar-refractivity contribution in [1.29, 1.82) is 5.41 Å². The molecule has 0 aromatic carbocycles. The monoisotopic (exact) mass is 182 g/mol. The van der Waals surface area contributed by atoms with Gasteiger partial charge in [-0.1, -0.05) is 0 Å². The standard InChI is InChI=1S/C7H10N4O2/c8-7(9)11-1-3-4(2-11)6(13)10-5(3)12/h3-4H,1-2H2,(H3,8,9)(H,10,12,13)/t3-,4-/m0/s1. The summed E-state index contributed by atoms with van der Waals surface area (Å²) in [7, 11) is 0. The summed E-state index contributed by atoms with van der Waals surface area (Å²) in [5, 5.41) is 9.43. The van der Waals surface area contributed by atoms with Crippen LogP contribution < -0.4 is 11.1 Å². The lowest BCUT2D eigenvalue weighted by molar-refractivity contribution is -0.126. The fraction of sp³-hybridized carbons (Fsp3) is 0.571. The minimum Gasteiger partial charge on any atom is -0.370 e. The van der Waals surface area contributed by atoms with Crippen molar-refractivity contribution in [2.24, 2.45) is 17.6 Å². The first-order chi connectivity index (χ1) is 6.09. The Bertz CT molecular complexity index is 279. The van der Waals surface area contributed by atoms with Crippen LogP contribution in [0.2, 0.25) is 0 Å². The molecule has 0 bridgehead atoms. The predicted octanol–water partition coefficient (Wildman–Crippen LogP) is -1.92. The van der Waals surface area contributed by atoms with Crippen LogP contribution >= 0.6 is 0 Å². The summed E-state index contributed by atoms with van der Waals surface area (Å²) in [5.74, 6) is -1.17. The second-order valence-electron chi connectivity index (χ2n) is 3.36. The van der Waals surface area contributed by atoms with Crippen LogP contribution in [0.3, 0.4) is 0 Å². The van der Waals surface area contributed by atoms with Gasteiger partial charge in [-0.3, -0.25) is 20.3 Å². The maximum absolute atomic E-state index is 11.2. The summed E-state index contributed by atoms with van der Waals surface area (Å²) in [4.78, 5) is 23.9. The number of imide groups is 1. The first-order valence-electron chi connectivity index (χ1n) is 4.03. The zero-order chi connectivity index (χ0) is 9.59. The highest BCUT2D eigenvalue weighted by Crippen LogP contribution is 2.27. The fourth-order valence-corrected chi connectivity index (χ4v) is 1.84. The van der Waals surface area contributed by atoms with Gasteiger partial charge in [-0.2, -0.15) is 0 Å². The number of amides is 2. The quantitative estimate of drug-likeness (QED) is 0.231. The predicted molar refractivity (Wildman–Crippen MR) is 43.6 cm³/mol. The summed E-state index contributed by atoms with van der Waals surface area (Å²) in [5.41, 5.74) is 5.26. The number of hydrogen-bond donors (Lipinski definition) is 3. The van der Waals surface area contributed by atoms with Gasteiger partial charge in [0.25, 0.3) is 0 Å². The Morgan fingerprint density at radius 3 is 2.23 bits per heavy atom. The van der Waals surface area contributed by atoms with E-state index in [-0.39, 0.29) is 29.6 Å². The van der Waals surface area contributed by atoms with Gasteiger partial charge in [0.1, 0.15) is 0 Å². The van der Waals surface area contributed by atoms with Crippen molar-refractivity contribution in [2.75, 3.05) is 13.1 Å². The molecule has 6 nitrogen and oxygen atoms in total. The number of nitrogens with zero attached hydrogens (tertiary/aromatic N) is 1. The number of hydrogen-bond acceptors (Lipinski definition) is 3. The lowest BCUT2D eigenvalue weighted by Crippen LogP contribution is -2.38. The maximum Gasteiger partial charge on any atom is 0.232 e. The molecular formula is C7H10N4O2. The summed E-state index contributed by atoms with van der Waals surface area (Å²) in [6.07, 6.45) is 0. The van der Waals surface area contributed by atoms with Gasteiger partial charge >= 0.3 is 0 Å². The maximum atomic E-state index is 11.2. The van der Waals surface area contributed by atoms with Crippen LogP contribution in [0.5, 0.6) is 0 Å². The Balaban J connectivity index is 2.17. The van der Waals surface area contributed by atoms with E-state index in [1.54, 1.807) is 4.90 Å². The van der Waals surface area contributed by atoms with Crippen LogP contribution in [0.25, 0.3) is 0 Å². The van der Waals surface area contributed by atoms with E-state index < -0.39 is 0 Å². The van der Waals surface area contributed by atoms with Crippen molar-refractivity contribution in [2.45, 2.75) is 0 Å². The van der Waals surface area contributed by atoms with Gasteiger partial charge in [0.2, 0.25) is 11.8 Å². The van der Waals surface area contributed by atoms with Gasteiger partial charge in [-0.15, -0.1) is 0 Å². The van der Waals surface area contributed by atoms with E-state index in [1.165, 1.54) is 0 Å². The Morgan fingerprint density at radius 1 is 1.38 bits per heavy atom. The number of nitrogens with two attached hydrogens (primary N) is 1. The van der Waals surface area contributed by atoms with Crippen LogP contribution in [0.4, 0.5) is 0 Å². The Kier molecular flexibility index (Phi) is 1.51. The minimum atomic E-state index is -0.309. The zero-order valence-electron chi connectivity index (χ0n) is 6.91. The molecule has 70 valence electrons. The molecule has 0 unspecified atom stereocenters. The molecule has 2 rings (SSSR count). The Hall–Kier alpha value is -1.59. The molecule has 2 atom stereocenters. The van der Waals surface area contributed by atoms with Crippen LogP contribution in [-0.4, -0.2) is 35.8 Å². The molecule has 2 amide bonds. The van der Waals surface area contributed by atoms with Gasteiger partial charge in [0, 0.05) is 13.1 Å². The molecule has 13 heavy (non-hydrogen) atoms. The highest BCUT2D eigenvalue weighted by Gasteiger charge is 2.48. The smallest absolute Gasteiger partial charge is 0.232 e. The number of carbonyl (C=O) groups excluding carboxylic acids is 2. The van der Waals surface area contributed by atoms with E-state index in [9.17, 15) is 9.59 Å². The number of fused-ring (bicyclic) bond motifs is 1. The molecule has 0 aromatic rings. The summed E-state index contributed by atoms with van der Waals surface area (Å²) in [6, 6.07) is 0. The third kappa shape index (κ3) is 1.06. The number of nitrogens with one attached hydrogen (secondary N) is 2. The number of likely N-dealkylation sites (tertiary alicyclic amines) is 1. The number of guanidine groups is 1. The Morgan fingerprint density at radius 2 is 1.85 bits per heavy atom. The van der Waals surface area contributed by atoms with Crippen molar-refractivity contribution in [3.63, 3.8) is 0 Å².